The normalized spacial score (nSPS) is 16.9. The predicted octanol–water partition coefficient (Wildman–Crippen LogP) is 1.25. The van der Waals surface area contributed by atoms with Gasteiger partial charge in [-0.25, -0.2) is 4.79 Å². The van der Waals surface area contributed by atoms with Gasteiger partial charge in [0.15, 0.2) is 5.96 Å². The van der Waals surface area contributed by atoms with Crippen LogP contribution in [0.25, 0.3) is 0 Å². The third kappa shape index (κ3) is 5.80. The summed E-state index contributed by atoms with van der Waals surface area (Å²) in [6, 6.07) is 7.34. The van der Waals surface area contributed by atoms with Gasteiger partial charge in [0, 0.05) is 19.1 Å². The fraction of sp³-hybridized carbons (Fsp3) is 0.556. The summed E-state index contributed by atoms with van der Waals surface area (Å²) < 4.78 is 10.1. The highest BCUT2D eigenvalue weighted by Crippen LogP contribution is 2.17. The third-order valence-corrected chi connectivity index (χ3v) is 4.31. The summed E-state index contributed by atoms with van der Waals surface area (Å²) in [5, 5.41) is 13.3. The molecule has 1 aliphatic rings. The SMILES string of the molecule is CCOC(=O)N1CCC(NC(N)=NCC(O)c2ccc(OC)cc2)CC1. The molecule has 1 amide bonds. The summed E-state index contributed by atoms with van der Waals surface area (Å²) in [6.07, 6.45) is 0.550. The molecule has 1 heterocycles. The van der Waals surface area contributed by atoms with Crippen LogP contribution < -0.4 is 15.8 Å². The minimum Gasteiger partial charge on any atom is -0.497 e. The largest absolute Gasteiger partial charge is 0.497 e. The lowest BCUT2D eigenvalue weighted by atomic mass is 10.1. The molecule has 2 rings (SSSR count). The number of nitrogens with one attached hydrogen (secondary N) is 1. The zero-order valence-electron chi connectivity index (χ0n) is 15.4. The van der Waals surface area contributed by atoms with Crippen LogP contribution in [0.4, 0.5) is 4.79 Å². The molecule has 1 aliphatic heterocycles. The molecule has 1 aromatic carbocycles. The number of benzene rings is 1. The van der Waals surface area contributed by atoms with Gasteiger partial charge in [-0.3, -0.25) is 4.99 Å². The molecule has 144 valence electrons. The van der Waals surface area contributed by atoms with Gasteiger partial charge in [0.1, 0.15) is 5.75 Å². The van der Waals surface area contributed by atoms with Gasteiger partial charge in [0.2, 0.25) is 0 Å². The number of carbonyl (C=O) groups excluding carboxylic acids is 1. The Labute approximate surface area is 154 Å². The standard InChI is InChI=1S/C18H28N4O4/c1-3-26-18(24)22-10-8-14(9-11-22)21-17(19)20-12-16(23)13-4-6-15(25-2)7-5-13/h4-7,14,16,23H,3,8-12H2,1-2H3,(H3,19,20,21). The molecule has 0 aromatic heterocycles. The van der Waals surface area contributed by atoms with E-state index in [9.17, 15) is 9.90 Å². The van der Waals surface area contributed by atoms with Crippen LogP contribution in [-0.2, 0) is 4.74 Å². The van der Waals surface area contributed by atoms with Gasteiger partial charge in [-0.05, 0) is 37.5 Å². The van der Waals surface area contributed by atoms with Crippen LogP contribution in [0.3, 0.4) is 0 Å². The third-order valence-electron chi connectivity index (χ3n) is 4.31. The number of guanidine groups is 1. The van der Waals surface area contributed by atoms with Crippen molar-refractivity contribution in [1.29, 1.82) is 0 Å². The van der Waals surface area contributed by atoms with E-state index in [0.29, 0.717) is 25.7 Å². The second-order valence-electron chi connectivity index (χ2n) is 6.12. The smallest absolute Gasteiger partial charge is 0.409 e. The number of hydrogen-bond donors (Lipinski definition) is 3. The summed E-state index contributed by atoms with van der Waals surface area (Å²) in [5.41, 5.74) is 6.68. The number of hydrogen-bond acceptors (Lipinski definition) is 5. The molecule has 0 saturated carbocycles. The van der Waals surface area contributed by atoms with Crippen LogP contribution in [0.2, 0.25) is 0 Å². The lowest BCUT2D eigenvalue weighted by Crippen LogP contribution is -2.48. The number of amides is 1. The van der Waals surface area contributed by atoms with Crippen molar-refractivity contribution in [1.82, 2.24) is 10.2 Å². The van der Waals surface area contributed by atoms with Gasteiger partial charge < -0.3 is 30.5 Å². The van der Waals surface area contributed by atoms with Crippen LogP contribution in [0, 0.1) is 0 Å². The van der Waals surface area contributed by atoms with Crippen molar-refractivity contribution in [2.75, 3.05) is 33.4 Å². The van der Waals surface area contributed by atoms with Crippen LogP contribution in [0.5, 0.6) is 5.75 Å². The first kappa shape index (κ1) is 19.8. The Bertz CT molecular complexity index is 598. The highest BCUT2D eigenvalue weighted by Gasteiger charge is 2.23. The summed E-state index contributed by atoms with van der Waals surface area (Å²) in [4.78, 5) is 17.6. The van der Waals surface area contributed by atoms with Crippen LogP contribution in [0.15, 0.2) is 29.3 Å². The second kappa shape index (κ2) is 9.86. The number of nitrogens with two attached hydrogens (primary N) is 1. The number of piperidine rings is 1. The van der Waals surface area contributed by atoms with Gasteiger partial charge in [0.05, 0.1) is 26.4 Å². The van der Waals surface area contributed by atoms with Crippen molar-refractivity contribution in [2.24, 2.45) is 10.7 Å². The highest BCUT2D eigenvalue weighted by atomic mass is 16.6. The Morgan fingerprint density at radius 2 is 2.04 bits per heavy atom. The first-order valence-corrected chi connectivity index (χ1v) is 8.83. The molecule has 1 saturated heterocycles. The molecule has 4 N–H and O–H groups in total. The summed E-state index contributed by atoms with van der Waals surface area (Å²) >= 11 is 0. The number of aliphatic imine (C=N–C) groups is 1. The molecule has 0 aliphatic carbocycles. The zero-order valence-corrected chi connectivity index (χ0v) is 15.4. The molecule has 8 heteroatoms. The maximum absolute atomic E-state index is 11.7. The maximum atomic E-state index is 11.7. The molecular formula is C18H28N4O4. The number of aliphatic hydroxyl groups is 1. The number of rotatable bonds is 6. The fourth-order valence-corrected chi connectivity index (χ4v) is 2.79. The minimum absolute atomic E-state index is 0.155. The molecular weight excluding hydrogens is 336 g/mol. The van der Waals surface area contributed by atoms with E-state index in [-0.39, 0.29) is 18.7 Å². The molecule has 0 bridgehead atoms. The van der Waals surface area contributed by atoms with E-state index in [0.717, 1.165) is 24.2 Å². The molecule has 1 atom stereocenters. The molecule has 1 fully saturated rings. The van der Waals surface area contributed by atoms with Gasteiger partial charge in [-0.2, -0.15) is 0 Å². The van der Waals surface area contributed by atoms with E-state index in [4.69, 9.17) is 15.2 Å². The molecule has 0 spiro atoms. The average Bonchev–Trinajstić information content (AvgIpc) is 2.67. The maximum Gasteiger partial charge on any atom is 0.409 e. The topological polar surface area (TPSA) is 109 Å². The molecule has 26 heavy (non-hydrogen) atoms. The summed E-state index contributed by atoms with van der Waals surface area (Å²) in [6.45, 7) is 3.60. The average molecular weight is 364 g/mol. The van der Waals surface area contributed by atoms with Crippen molar-refractivity contribution >= 4 is 12.1 Å². The van der Waals surface area contributed by atoms with E-state index >= 15 is 0 Å². The van der Waals surface area contributed by atoms with Gasteiger partial charge in [-0.1, -0.05) is 12.1 Å². The van der Waals surface area contributed by atoms with Crippen LogP contribution in [-0.4, -0.2) is 61.5 Å². The number of nitrogens with zero attached hydrogens (tertiary/aromatic N) is 2. The van der Waals surface area contributed by atoms with Crippen molar-refractivity contribution < 1.29 is 19.4 Å². The first-order chi connectivity index (χ1) is 12.5. The number of aliphatic hydroxyl groups excluding tert-OH is 1. The number of methoxy groups -OCH3 is 1. The number of ether oxygens (including phenoxy) is 2. The highest BCUT2D eigenvalue weighted by molar-refractivity contribution is 5.78. The quantitative estimate of drug-likeness (QED) is 0.518. The Balaban J connectivity index is 1.76. The molecule has 8 nitrogen and oxygen atoms in total. The van der Waals surface area contributed by atoms with Gasteiger partial charge >= 0.3 is 6.09 Å². The lowest BCUT2D eigenvalue weighted by Gasteiger charge is -2.31. The minimum atomic E-state index is -0.730. The number of carbonyl (C=O) groups is 1. The van der Waals surface area contributed by atoms with Crippen LogP contribution in [0.1, 0.15) is 31.4 Å². The lowest BCUT2D eigenvalue weighted by molar-refractivity contribution is 0.0963. The monoisotopic (exact) mass is 364 g/mol. The van der Waals surface area contributed by atoms with E-state index in [1.807, 2.05) is 0 Å². The Kier molecular flexibility index (Phi) is 7.53. The summed E-state index contributed by atoms with van der Waals surface area (Å²) in [7, 11) is 1.60. The van der Waals surface area contributed by atoms with E-state index in [1.165, 1.54) is 0 Å². The van der Waals surface area contributed by atoms with Gasteiger partial charge in [0.25, 0.3) is 0 Å². The first-order valence-electron chi connectivity index (χ1n) is 8.83. The van der Waals surface area contributed by atoms with Crippen molar-refractivity contribution in [2.45, 2.75) is 31.9 Å². The van der Waals surface area contributed by atoms with Crippen molar-refractivity contribution in [3.05, 3.63) is 29.8 Å². The molecule has 1 unspecified atom stereocenters. The van der Waals surface area contributed by atoms with Crippen molar-refractivity contribution in [3.8, 4) is 5.75 Å². The van der Waals surface area contributed by atoms with Gasteiger partial charge in [-0.15, -0.1) is 0 Å². The Hall–Kier alpha value is -2.48. The van der Waals surface area contributed by atoms with Crippen molar-refractivity contribution in [3.63, 3.8) is 0 Å². The Morgan fingerprint density at radius 3 is 2.62 bits per heavy atom. The zero-order chi connectivity index (χ0) is 18.9. The molecule has 0 radical (unpaired) electrons. The molecule has 1 aromatic rings. The van der Waals surface area contributed by atoms with E-state index < -0.39 is 6.10 Å². The number of likely N-dealkylation sites (tertiary alicyclic amines) is 1. The van der Waals surface area contributed by atoms with Crippen LogP contribution >= 0.6 is 0 Å². The summed E-state index contributed by atoms with van der Waals surface area (Å²) in [5.74, 6) is 1.03. The Morgan fingerprint density at radius 1 is 1.38 bits per heavy atom. The second-order valence-corrected chi connectivity index (χ2v) is 6.12. The van der Waals surface area contributed by atoms with E-state index in [1.54, 1.807) is 43.2 Å². The van der Waals surface area contributed by atoms with E-state index in [2.05, 4.69) is 10.3 Å². The predicted molar refractivity (Wildman–Crippen MR) is 99.2 cm³/mol. The fourth-order valence-electron chi connectivity index (χ4n) is 2.79.